The van der Waals surface area contributed by atoms with Gasteiger partial charge in [-0.05, 0) is 76.4 Å². The number of nitrogens with two attached hydrogens (primary N) is 2. The Labute approximate surface area is 426 Å². The van der Waals surface area contributed by atoms with Crippen LogP contribution in [0, 0.1) is 20.2 Å². The summed E-state index contributed by atoms with van der Waals surface area (Å²) in [5, 5.41) is 84.0. The van der Waals surface area contributed by atoms with Crippen LogP contribution in [0.3, 0.4) is 0 Å². The number of hydrogen-bond acceptors (Lipinski definition) is 26. The Hall–Kier alpha value is -8.83. The van der Waals surface area contributed by atoms with E-state index in [4.69, 9.17) is 34.7 Å². The number of azo groups is 2. The topological polar surface area (TPSA) is 479 Å². The molecule has 6 aromatic carbocycles. The van der Waals surface area contributed by atoms with Gasteiger partial charge >= 0.3 is 0 Å². The number of nitro groups is 2. The molecule has 12 N–H and O–H groups in total. The van der Waals surface area contributed by atoms with E-state index in [1.807, 2.05) is 0 Å². The molecule has 0 aliphatic carbocycles. The predicted octanol–water partition coefficient (Wildman–Crippen LogP) is 7.97. The van der Waals surface area contributed by atoms with Crippen LogP contribution in [-0.4, -0.2) is 86.1 Å². The van der Waals surface area contributed by atoms with Crippen LogP contribution in [0.4, 0.5) is 69.3 Å². The molecule has 0 bridgehead atoms. The number of hydrogen-bond donors (Lipinski definition) is 10. The summed E-state index contributed by atoms with van der Waals surface area (Å²) in [6.07, 6.45) is 0. The van der Waals surface area contributed by atoms with E-state index in [-0.39, 0.29) is 101 Å². The smallest absolute Gasteiger partial charge is 0.296 e. The second kappa shape index (κ2) is 21.3. The first kappa shape index (κ1) is 53.5. The van der Waals surface area contributed by atoms with Crippen molar-refractivity contribution in [3.8, 4) is 23.0 Å². The summed E-state index contributed by atoms with van der Waals surface area (Å²) >= 11 is 11.6. The number of anilines is 6. The van der Waals surface area contributed by atoms with E-state index in [0.29, 0.717) is 0 Å². The van der Waals surface area contributed by atoms with Gasteiger partial charge in [0.1, 0.15) is 39.1 Å². The van der Waals surface area contributed by atoms with Crippen molar-refractivity contribution in [1.29, 1.82) is 0 Å². The largest absolute Gasteiger partial charge is 0.506 e. The van der Waals surface area contributed by atoms with Crippen LogP contribution in [0.5, 0.6) is 23.0 Å². The SMILES string of the molecule is Nc1nc(Cl)nc(Nc2cc(S(=O)(=O)O)cc3ccc(N=Nc4cc([N+](=O)[O-])ccc4O)c(O)c23)n1.Nc1nc(Cl)nc(Nc2cccc3cc(S(=O)(=O)O)c(N=Nc4cc([N+](=O)[O-])ccc4O)c(O)c23)n1.[Co]. The first-order valence-corrected chi connectivity index (χ1v) is 22.7. The molecule has 0 saturated heterocycles. The normalized spacial score (nSPS) is 11.6. The first-order chi connectivity index (χ1) is 33.9. The van der Waals surface area contributed by atoms with Crippen LogP contribution in [0.2, 0.25) is 10.6 Å². The van der Waals surface area contributed by atoms with Gasteiger partial charge in [-0.1, -0.05) is 18.2 Å². The van der Waals surface area contributed by atoms with Crippen molar-refractivity contribution in [2.45, 2.75) is 9.79 Å². The van der Waals surface area contributed by atoms with Crippen LogP contribution in [0.25, 0.3) is 21.5 Å². The maximum Gasteiger partial charge on any atom is 0.296 e. The minimum atomic E-state index is -4.94. The second-order valence-electron chi connectivity index (χ2n) is 14.0. The van der Waals surface area contributed by atoms with E-state index in [0.717, 1.165) is 54.6 Å². The van der Waals surface area contributed by atoms with Gasteiger partial charge in [0, 0.05) is 51.8 Å². The Kier molecular flexibility index (Phi) is 15.6. The second-order valence-corrected chi connectivity index (χ2v) is 17.5. The third-order valence-corrected chi connectivity index (χ3v) is 11.3. The van der Waals surface area contributed by atoms with Gasteiger partial charge in [0.15, 0.2) is 11.5 Å². The summed E-state index contributed by atoms with van der Waals surface area (Å²) in [5.41, 5.74) is 8.92. The van der Waals surface area contributed by atoms with E-state index >= 15 is 0 Å². The Morgan fingerprint density at radius 1 is 0.562 bits per heavy atom. The van der Waals surface area contributed by atoms with Gasteiger partial charge in [-0.15, -0.1) is 20.5 Å². The van der Waals surface area contributed by atoms with Crippen molar-refractivity contribution in [1.82, 2.24) is 29.9 Å². The Morgan fingerprint density at radius 2 is 1.05 bits per heavy atom. The van der Waals surface area contributed by atoms with Gasteiger partial charge in [-0.3, -0.25) is 29.3 Å². The van der Waals surface area contributed by atoms with Crippen LogP contribution < -0.4 is 22.1 Å². The number of benzene rings is 6. The molecular weight excluding hydrogens is 1100 g/mol. The van der Waals surface area contributed by atoms with E-state index in [1.165, 1.54) is 30.3 Å². The number of nitrogens with one attached hydrogen (secondary N) is 2. The number of non-ortho nitro benzene ring substituents is 2. The zero-order chi connectivity index (χ0) is 52.4. The van der Waals surface area contributed by atoms with E-state index < -0.39 is 79.9 Å². The monoisotopic (exact) mass is 1120 g/mol. The molecule has 0 aliphatic heterocycles. The fourth-order valence-corrected chi connectivity index (χ4v) is 7.77. The van der Waals surface area contributed by atoms with Crippen LogP contribution in [0.1, 0.15) is 0 Å². The van der Waals surface area contributed by atoms with E-state index in [9.17, 15) is 66.6 Å². The molecule has 0 unspecified atom stereocenters. The van der Waals surface area contributed by atoms with E-state index in [1.54, 1.807) is 0 Å². The third-order valence-electron chi connectivity index (χ3n) is 9.30. The van der Waals surface area contributed by atoms with Crippen LogP contribution >= 0.6 is 23.2 Å². The zero-order valence-electron chi connectivity index (χ0n) is 35.5. The molecule has 2 heterocycles. The number of nitrogens with zero attached hydrogens (tertiary/aromatic N) is 12. The number of rotatable bonds is 12. The maximum atomic E-state index is 12.1. The Morgan fingerprint density at radius 3 is 1.56 bits per heavy atom. The molecule has 0 amide bonds. The molecular formula is C38H26Cl2CoN16O14S2. The molecule has 0 atom stereocenters. The van der Waals surface area contributed by atoms with Gasteiger partial charge < -0.3 is 42.5 Å². The maximum absolute atomic E-state index is 12.1. The van der Waals surface area contributed by atoms with Crippen molar-refractivity contribution in [3.05, 3.63) is 116 Å². The third kappa shape index (κ3) is 12.4. The number of nitrogen functional groups attached to an aromatic ring is 2. The molecule has 377 valence electrons. The van der Waals surface area contributed by atoms with Crippen molar-refractivity contribution in [2.24, 2.45) is 20.5 Å². The van der Waals surface area contributed by atoms with Gasteiger partial charge in [-0.25, -0.2) is 0 Å². The standard InChI is InChI=1S/2C19H13ClN8O7S.Co/c20-17-23-18(21)25-19(24-17)22-13-7-10(36(33,34)35)5-8-1-3-11(16(30)15(8)13)26-27-12-6-9(28(31)32)2-4-14(12)29;20-17-23-18(21)25-19(24-17)22-10-3-1-2-8-6-13(36(33,34)35)15(16(30)14(8)10)27-26-11-7-9(28(31)32)4-5-12(11)29;/h2*1-7,29-30H,(H,33,34,35)(H3,21,22,23,24,25);. The summed E-state index contributed by atoms with van der Waals surface area (Å²) < 4.78 is 67.0. The van der Waals surface area contributed by atoms with Crippen molar-refractivity contribution in [3.63, 3.8) is 0 Å². The molecule has 8 aromatic rings. The summed E-state index contributed by atoms with van der Waals surface area (Å²) in [6, 6.07) is 16.2. The Balaban J connectivity index is 0.000000235. The predicted molar refractivity (Wildman–Crippen MR) is 254 cm³/mol. The zero-order valence-corrected chi connectivity index (χ0v) is 39.6. The number of nitro benzene ring substituents is 2. The number of aromatic nitrogens is 6. The van der Waals surface area contributed by atoms with Gasteiger partial charge in [0.25, 0.3) is 31.6 Å². The van der Waals surface area contributed by atoms with Crippen molar-refractivity contribution < 1.29 is 73.0 Å². The molecule has 0 fully saturated rings. The molecule has 0 spiro atoms. The van der Waals surface area contributed by atoms with Gasteiger partial charge in [0.05, 0.1) is 26.1 Å². The minimum absolute atomic E-state index is 0. The number of aromatic hydroxyl groups is 4. The Bertz CT molecular complexity index is 3820. The van der Waals surface area contributed by atoms with Crippen molar-refractivity contribution >= 4 is 134 Å². The number of phenols is 4. The summed E-state index contributed by atoms with van der Waals surface area (Å²) in [4.78, 5) is 41.9. The fourth-order valence-electron chi connectivity index (χ4n) is 6.24. The number of fused-ring (bicyclic) bond motifs is 2. The van der Waals surface area contributed by atoms with E-state index in [2.05, 4.69) is 61.0 Å². The minimum Gasteiger partial charge on any atom is -0.506 e. The molecule has 30 nitrogen and oxygen atoms in total. The molecule has 73 heavy (non-hydrogen) atoms. The molecule has 0 aliphatic rings. The van der Waals surface area contributed by atoms with Crippen LogP contribution in [-0.2, 0) is 37.0 Å². The molecule has 1 radical (unpaired) electrons. The summed E-state index contributed by atoms with van der Waals surface area (Å²) in [7, 11) is -9.60. The summed E-state index contributed by atoms with van der Waals surface area (Å²) in [6.45, 7) is 0. The fraction of sp³-hybridized carbons (Fsp3) is 0. The van der Waals surface area contributed by atoms with Gasteiger partial charge in [0.2, 0.25) is 34.4 Å². The van der Waals surface area contributed by atoms with Gasteiger partial charge in [-0.2, -0.15) is 46.7 Å². The quantitative estimate of drug-likeness (QED) is 0.0240. The average molecular weight is 1120 g/mol. The van der Waals surface area contributed by atoms with Crippen molar-refractivity contribution in [2.75, 3.05) is 22.1 Å². The number of halogens is 2. The summed E-state index contributed by atoms with van der Waals surface area (Å²) in [5.74, 6) is -2.88. The van der Waals surface area contributed by atoms with Crippen LogP contribution in [0.15, 0.2) is 115 Å². The molecule has 35 heteroatoms. The molecule has 0 saturated carbocycles. The molecule has 8 rings (SSSR count). The number of phenolic OH excluding ortho intramolecular Hbond substituents is 4. The molecule has 2 aromatic heterocycles. The average Bonchev–Trinajstić information content (AvgIpc) is 3.28. The first-order valence-electron chi connectivity index (χ1n) is 19.1.